The van der Waals surface area contributed by atoms with Crippen molar-refractivity contribution in [3.05, 3.63) is 71.6 Å². The minimum Gasteiger partial charge on any atom is -0.402 e. The average Bonchev–Trinajstić information content (AvgIpc) is 3.37. The summed E-state index contributed by atoms with van der Waals surface area (Å²) in [5, 5.41) is 0. The van der Waals surface area contributed by atoms with Crippen LogP contribution in [0.2, 0.25) is 0 Å². The smallest absolute Gasteiger partial charge is 0.402 e. The average molecular weight is 441 g/mol. The van der Waals surface area contributed by atoms with Crippen molar-refractivity contribution in [2.24, 2.45) is 4.99 Å². The van der Waals surface area contributed by atoms with Gasteiger partial charge in [0, 0.05) is 37.9 Å². The molecule has 3 aromatic rings. The third-order valence-corrected chi connectivity index (χ3v) is 5.35. The molecule has 0 saturated carbocycles. The maximum atomic E-state index is 13.0. The molecule has 1 aromatic heterocycles. The number of hydrogen-bond acceptors (Lipinski definition) is 6. The summed E-state index contributed by atoms with van der Waals surface area (Å²) in [4.78, 5) is 28.3. The van der Waals surface area contributed by atoms with Crippen molar-refractivity contribution in [2.45, 2.75) is 6.18 Å². The van der Waals surface area contributed by atoms with Crippen LogP contribution >= 0.6 is 0 Å². The fourth-order valence-electron chi connectivity index (χ4n) is 3.68. The molecule has 5 rings (SSSR count). The monoisotopic (exact) mass is 441 g/mol. The molecule has 0 bridgehead atoms. The minimum atomic E-state index is -4.49. The van der Waals surface area contributed by atoms with Crippen LogP contribution in [0.3, 0.4) is 0 Å². The number of carbonyl (C=O) groups excluding carboxylic acids is 1. The summed E-state index contributed by atoms with van der Waals surface area (Å²) in [6.45, 7) is 2.62. The molecule has 0 atom stereocenters. The zero-order valence-corrected chi connectivity index (χ0v) is 16.8. The second kappa shape index (κ2) is 7.70. The van der Waals surface area contributed by atoms with E-state index in [1.165, 1.54) is 12.1 Å². The Kier molecular flexibility index (Phi) is 4.84. The first kappa shape index (κ1) is 20.1. The number of carbonyl (C=O) groups is 1. The first-order chi connectivity index (χ1) is 15.4. The lowest BCUT2D eigenvalue weighted by Gasteiger charge is -2.33. The molecule has 2 aliphatic heterocycles. The second-order valence-corrected chi connectivity index (χ2v) is 7.50. The Hall–Kier alpha value is -3.82. The molecule has 32 heavy (non-hydrogen) atoms. The van der Waals surface area contributed by atoms with Crippen LogP contribution in [0.15, 0.2) is 65.4 Å². The number of fused-ring (bicyclic) bond motifs is 1. The van der Waals surface area contributed by atoms with Gasteiger partial charge in [-0.3, -0.25) is 0 Å². The Morgan fingerprint density at radius 3 is 2.56 bits per heavy atom. The van der Waals surface area contributed by atoms with Crippen LogP contribution in [0.5, 0.6) is 0 Å². The SMILES string of the molecule is O=C1OC(c2cccc(C(F)(F)F)c2)=NC1=CN1CCN(c2nc3ccccc3[nH]2)CC1. The van der Waals surface area contributed by atoms with Crippen LogP contribution in [0.4, 0.5) is 19.1 Å². The molecule has 0 amide bonds. The number of para-hydroxylation sites is 2. The second-order valence-electron chi connectivity index (χ2n) is 7.50. The van der Waals surface area contributed by atoms with Crippen molar-refractivity contribution in [3.8, 4) is 0 Å². The van der Waals surface area contributed by atoms with E-state index in [-0.39, 0.29) is 17.2 Å². The number of anilines is 1. The molecule has 0 radical (unpaired) electrons. The number of esters is 1. The normalized spacial score (nSPS) is 18.4. The van der Waals surface area contributed by atoms with Gasteiger partial charge >= 0.3 is 12.1 Å². The number of hydrogen-bond donors (Lipinski definition) is 1. The quantitative estimate of drug-likeness (QED) is 0.497. The van der Waals surface area contributed by atoms with Crippen LogP contribution in [-0.4, -0.2) is 52.9 Å². The molecule has 2 aliphatic rings. The molecular formula is C22H18F3N5O2. The van der Waals surface area contributed by atoms with Gasteiger partial charge in [0.15, 0.2) is 5.70 Å². The molecule has 3 heterocycles. The summed E-state index contributed by atoms with van der Waals surface area (Å²) in [5.74, 6) is -0.0194. The van der Waals surface area contributed by atoms with Gasteiger partial charge < -0.3 is 19.5 Å². The fourth-order valence-corrected chi connectivity index (χ4v) is 3.68. The number of nitrogens with one attached hydrogen (secondary N) is 1. The van der Waals surface area contributed by atoms with Crippen molar-refractivity contribution >= 4 is 28.8 Å². The van der Waals surface area contributed by atoms with Gasteiger partial charge in [-0.25, -0.2) is 14.8 Å². The molecule has 1 fully saturated rings. The Bertz CT molecular complexity index is 1210. The van der Waals surface area contributed by atoms with E-state index >= 15 is 0 Å². The largest absolute Gasteiger partial charge is 0.416 e. The molecule has 0 unspecified atom stereocenters. The van der Waals surface area contributed by atoms with E-state index in [9.17, 15) is 18.0 Å². The van der Waals surface area contributed by atoms with Gasteiger partial charge in [-0.15, -0.1) is 0 Å². The third kappa shape index (κ3) is 3.91. The molecule has 1 saturated heterocycles. The summed E-state index contributed by atoms with van der Waals surface area (Å²) < 4.78 is 44.0. The van der Waals surface area contributed by atoms with Crippen LogP contribution in [-0.2, 0) is 15.7 Å². The number of alkyl halides is 3. The zero-order chi connectivity index (χ0) is 22.3. The lowest BCUT2D eigenvalue weighted by atomic mass is 10.1. The molecule has 7 nitrogen and oxygen atoms in total. The number of imidazole rings is 1. The molecule has 0 spiro atoms. The van der Waals surface area contributed by atoms with E-state index < -0.39 is 17.7 Å². The third-order valence-electron chi connectivity index (χ3n) is 5.35. The first-order valence-corrected chi connectivity index (χ1v) is 10.0. The lowest BCUT2D eigenvalue weighted by Crippen LogP contribution is -2.44. The molecule has 2 aromatic carbocycles. The highest BCUT2D eigenvalue weighted by molar-refractivity contribution is 6.11. The molecule has 1 N–H and O–H groups in total. The van der Waals surface area contributed by atoms with Crippen LogP contribution < -0.4 is 4.90 Å². The summed E-state index contributed by atoms with van der Waals surface area (Å²) >= 11 is 0. The van der Waals surface area contributed by atoms with Gasteiger partial charge in [-0.05, 0) is 30.3 Å². The molecule has 164 valence electrons. The Labute approximate surface area is 180 Å². The fraction of sp³-hybridized carbons (Fsp3) is 0.227. The Morgan fingerprint density at radius 1 is 1.03 bits per heavy atom. The van der Waals surface area contributed by atoms with E-state index in [2.05, 4.69) is 19.9 Å². The van der Waals surface area contributed by atoms with E-state index in [4.69, 9.17) is 4.74 Å². The van der Waals surface area contributed by atoms with Gasteiger partial charge in [-0.1, -0.05) is 18.2 Å². The van der Waals surface area contributed by atoms with E-state index in [1.807, 2.05) is 29.2 Å². The summed E-state index contributed by atoms with van der Waals surface area (Å²) in [5.41, 5.74) is 1.21. The van der Waals surface area contributed by atoms with Crippen molar-refractivity contribution < 1.29 is 22.7 Å². The number of rotatable bonds is 3. The van der Waals surface area contributed by atoms with Gasteiger partial charge in [0.25, 0.3) is 0 Å². The standard InChI is InChI=1S/C22H18F3N5O2/c23-22(24,25)15-5-3-4-14(12-15)19-26-18(20(31)32-19)13-29-8-10-30(11-9-29)21-27-16-6-1-2-7-17(16)28-21/h1-7,12-13H,8-11H2,(H,27,28). The minimum absolute atomic E-state index is 0.0644. The number of halogens is 3. The summed E-state index contributed by atoms with van der Waals surface area (Å²) in [7, 11) is 0. The first-order valence-electron chi connectivity index (χ1n) is 10.0. The number of nitrogens with zero attached hydrogens (tertiary/aromatic N) is 4. The number of aromatic nitrogens is 2. The highest BCUT2D eigenvalue weighted by atomic mass is 19.4. The van der Waals surface area contributed by atoms with Gasteiger partial charge in [0.1, 0.15) is 0 Å². The number of cyclic esters (lactones) is 1. The van der Waals surface area contributed by atoms with Crippen LogP contribution in [0.1, 0.15) is 11.1 Å². The maximum Gasteiger partial charge on any atom is 0.416 e. The van der Waals surface area contributed by atoms with Crippen molar-refractivity contribution in [3.63, 3.8) is 0 Å². The van der Waals surface area contributed by atoms with Gasteiger partial charge in [0.05, 0.1) is 16.6 Å². The van der Waals surface area contributed by atoms with Crippen LogP contribution in [0.25, 0.3) is 11.0 Å². The van der Waals surface area contributed by atoms with Gasteiger partial charge in [-0.2, -0.15) is 13.2 Å². The Morgan fingerprint density at radius 2 is 1.81 bits per heavy atom. The molecule has 10 heteroatoms. The van der Waals surface area contributed by atoms with E-state index in [0.29, 0.717) is 26.2 Å². The molecule has 0 aliphatic carbocycles. The number of aromatic amines is 1. The summed E-state index contributed by atoms with van der Waals surface area (Å²) in [6.07, 6.45) is -2.89. The van der Waals surface area contributed by atoms with Crippen LogP contribution in [0, 0.1) is 0 Å². The molecular weight excluding hydrogens is 423 g/mol. The van der Waals surface area contributed by atoms with Crippen molar-refractivity contribution in [1.82, 2.24) is 14.9 Å². The van der Waals surface area contributed by atoms with E-state index in [1.54, 1.807) is 6.20 Å². The van der Waals surface area contributed by atoms with Gasteiger partial charge in [0.2, 0.25) is 11.8 Å². The zero-order valence-electron chi connectivity index (χ0n) is 16.8. The number of H-pyrrole nitrogens is 1. The highest BCUT2D eigenvalue weighted by Crippen LogP contribution is 2.30. The number of piperazine rings is 1. The topological polar surface area (TPSA) is 73.8 Å². The Balaban J connectivity index is 1.28. The lowest BCUT2D eigenvalue weighted by molar-refractivity contribution is -0.137. The number of benzene rings is 2. The maximum absolute atomic E-state index is 13.0. The van der Waals surface area contributed by atoms with Crippen molar-refractivity contribution in [2.75, 3.05) is 31.1 Å². The predicted octanol–water partition coefficient (Wildman–Crippen LogP) is 3.55. The highest BCUT2D eigenvalue weighted by Gasteiger charge is 2.32. The number of aliphatic imine (C=N–C) groups is 1. The summed E-state index contributed by atoms with van der Waals surface area (Å²) in [6, 6.07) is 12.4. The predicted molar refractivity (Wildman–Crippen MR) is 112 cm³/mol. The number of ether oxygens (including phenoxy) is 1. The van der Waals surface area contributed by atoms with E-state index in [0.717, 1.165) is 29.1 Å². The van der Waals surface area contributed by atoms with Crippen molar-refractivity contribution in [1.29, 1.82) is 0 Å².